The van der Waals surface area contributed by atoms with Gasteiger partial charge in [-0.05, 0) is 18.6 Å². The third kappa shape index (κ3) is 6.28. The molecular formula is C38H41NO13. The number of phenols is 2. The van der Waals surface area contributed by atoms with E-state index in [1.165, 1.54) is 25.3 Å². The summed E-state index contributed by atoms with van der Waals surface area (Å²) in [5.74, 6) is -3.77. The molecule has 0 amide bonds. The van der Waals surface area contributed by atoms with Crippen LogP contribution in [0, 0.1) is 0 Å². The summed E-state index contributed by atoms with van der Waals surface area (Å²) in [6.07, 6.45) is -5.67. The lowest BCUT2D eigenvalue weighted by molar-refractivity contribution is -0.268. The Morgan fingerprint density at radius 3 is 2.48 bits per heavy atom. The maximum absolute atomic E-state index is 14.0. The van der Waals surface area contributed by atoms with Crippen LogP contribution in [0.1, 0.15) is 74.4 Å². The van der Waals surface area contributed by atoms with Gasteiger partial charge in [0.25, 0.3) is 0 Å². The third-order valence-corrected chi connectivity index (χ3v) is 10.5. The number of methoxy groups -OCH3 is 1. The van der Waals surface area contributed by atoms with Crippen LogP contribution in [-0.2, 0) is 36.8 Å². The molecule has 14 nitrogen and oxygen atoms in total. The number of fused-ring (bicyclic) bond motifs is 3. The average molecular weight is 720 g/mol. The number of ketones is 3. The molecule has 2 aliphatic heterocycles. The van der Waals surface area contributed by atoms with Crippen LogP contribution in [0.4, 0.5) is 0 Å². The smallest absolute Gasteiger partial charge is 0.202 e. The number of ether oxygens (including phenoxy) is 5. The fraction of sp³-hybridized carbons (Fsp3) is 0.447. The number of benzene rings is 3. The summed E-state index contributed by atoms with van der Waals surface area (Å²) in [6, 6.07) is 13.5. The minimum Gasteiger partial charge on any atom is -0.507 e. The molecule has 276 valence electrons. The maximum atomic E-state index is 14.0. The average Bonchev–Trinajstić information content (AvgIpc) is 3.15. The first-order valence-electron chi connectivity index (χ1n) is 17.2. The van der Waals surface area contributed by atoms with Crippen molar-refractivity contribution in [1.82, 2.24) is 4.90 Å². The van der Waals surface area contributed by atoms with Crippen LogP contribution in [0.15, 0.2) is 48.5 Å². The van der Waals surface area contributed by atoms with Crippen LogP contribution >= 0.6 is 0 Å². The van der Waals surface area contributed by atoms with Crippen molar-refractivity contribution in [3.8, 4) is 17.2 Å². The van der Waals surface area contributed by atoms with E-state index in [9.17, 15) is 39.9 Å². The quantitative estimate of drug-likeness (QED) is 0.157. The van der Waals surface area contributed by atoms with E-state index in [0.717, 1.165) is 5.56 Å². The molecule has 5 N–H and O–H groups in total. The van der Waals surface area contributed by atoms with E-state index in [1.54, 1.807) is 6.92 Å². The highest BCUT2D eigenvalue weighted by Gasteiger charge is 2.50. The highest BCUT2D eigenvalue weighted by molar-refractivity contribution is 6.31. The van der Waals surface area contributed by atoms with E-state index >= 15 is 0 Å². The van der Waals surface area contributed by atoms with Crippen molar-refractivity contribution in [2.75, 3.05) is 33.4 Å². The maximum Gasteiger partial charge on any atom is 0.202 e. The zero-order chi connectivity index (χ0) is 36.9. The van der Waals surface area contributed by atoms with E-state index in [-0.39, 0.29) is 34.4 Å². The first-order valence-corrected chi connectivity index (χ1v) is 17.2. The van der Waals surface area contributed by atoms with E-state index in [1.807, 2.05) is 35.2 Å². The Labute approximate surface area is 299 Å². The second-order valence-electron chi connectivity index (χ2n) is 13.7. The largest absolute Gasteiger partial charge is 0.507 e. The van der Waals surface area contributed by atoms with Gasteiger partial charge < -0.3 is 49.2 Å². The molecule has 4 aliphatic rings. The number of carbonyl (C=O) groups excluding carboxylic acids is 3. The molecule has 2 aliphatic carbocycles. The SMILES string of the molecule is COc1cccc2c1C(=O)c1c(O)c3c(c(O)c1C2=O)C[C@@](O)(C(=O)CO)C[C@@H]3O[C@H]1C[C@H](N2CCOC(OCc3ccccc3)C2)[C@H](O)[C@H](C)O1. The Kier molecular flexibility index (Phi) is 9.93. The number of Topliss-reactive ketones (excluding diaryl/α,β-unsaturated/α-hetero) is 1. The number of aliphatic hydroxyl groups is 3. The van der Waals surface area contributed by atoms with Crippen LogP contribution in [0.5, 0.6) is 17.2 Å². The highest BCUT2D eigenvalue weighted by Crippen LogP contribution is 2.52. The molecule has 2 heterocycles. The molecular weight excluding hydrogens is 678 g/mol. The van der Waals surface area contributed by atoms with Crippen molar-refractivity contribution >= 4 is 17.3 Å². The summed E-state index contributed by atoms with van der Waals surface area (Å²) < 4.78 is 29.7. The molecule has 0 bridgehead atoms. The number of hydrogen-bond donors (Lipinski definition) is 5. The topological polar surface area (TPSA) is 202 Å². The number of aromatic hydroxyl groups is 2. The molecule has 0 aromatic heterocycles. The lowest BCUT2D eigenvalue weighted by atomic mass is 9.72. The van der Waals surface area contributed by atoms with Gasteiger partial charge in [-0.3, -0.25) is 19.3 Å². The molecule has 1 unspecified atom stereocenters. The minimum absolute atomic E-state index is 0.0539. The van der Waals surface area contributed by atoms with Crippen LogP contribution in [0.2, 0.25) is 0 Å². The van der Waals surface area contributed by atoms with Crippen LogP contribution in [0.3, 0.4) is 0 Å². The molecule has 0 radical (unpaired) electrons. The number of morpholine rings is 1. The van der Waals surface area contributed by atoms with E-state index < -0.39 is 102 Å². The summed E-state index contributed by atoms with van der Waals surface area (Å²) in [5.41, 5.74) is -2.68. The van der Waals surface area contributed by atoms with Gasteiger partial charge in [-0.25, -0.2) is 0 Å². The number of aliphatic hydroxyl groups excluding tert-OH is 2. The van der Waals surface area contributed by atoms with Crippen molar-refractivity contribution in [1.29, 1.82) is 0 Å². The van der Waals surface area contributed by atoms with Gasteiger partial charge in [0, 0.05) is 48.5 Å². The number of rotatable bonds is 9. The monoisotopic (exact) mass is 719 g/mol. The van der Waals surface area contributed by atoms with Crippen LogP contribution in [-0.4, -0.2) is 118 Å². The first-order chi connectivity index (χ1) is 24.9. The zero-order valence-corrected chi connectivity index (χ0v) is 28.7. The minimum atomic E-state index is -2.28. The molecule has 52 heavy (non-hydrogen) atoms. The van der Waals surface area contributed by atoms with Gasteiger partial charge in [-0.15, -0.1) is 0 Å². The lowest BCUT2D eigenvalue weighted by Crippen LogP contribution is -2.59. The molecule has 0 saturated carbocycles. The molecule has 0 spiro atoms. The molecule has 3 aromatic carbocycles. The van der Waals surface area contributed by atoms with Crippen molar-refractivity contribution in [2.45, 2.75) is 75.3 Å². The van der Waals surface area contributed by atoms with Gasteiger partial charge in [0.2, 0.25) is 5.78 Å². The number of carbonyl (C=O) groups is 3. The van der Waals surface area contributed by atoms with Crippen molar-refractivity contribution in [3.05, 3.63) is 87.5 Å². The first kappa shape index (κ1) is 36.1. The molecule has 3 aromatic rings. The van der Waals surface area contributed by atoms with Gasteiger partial charge in [-0.1, -0.05) is 42.5 Å². The predicted octanol–water partition coefficient (Wildman–Crippen LogP) is 1.92. The second-order valence-corrected chi connectivity index (χ2v) is 13.7. The Morgan fingerprint density at radius 2 is 1.75 bits per heavy atom. The van der Waals surface area contributed by atoms with Gasteiger partial charge in [0.05, 0.1) is 61.9 Å². The summed E-state index contributed by atoms with van der Waals surface area (Å²) in [5, 5.41) is 56.1. The Balaban J connectivity index is 1.20. The van der Waals surface area contributed by atoms with E-state index in [2.05, 4.69) is 0 Å². The number of hydrogen-bond acceptors (Lipinski definition) is 14. The van der Waals surface area contributed by atoms with E-state index in [4.69, 9.17) is 23.7 Å². The van der Waals surface area contributed by atoms with Gasteiger partial charge in [0.1, 0.15) is 29.5 Å². The zero-order valence-electron chi connectivity index (χ0n) is 28.7. The molecule has 7 rings (SSSR count). The van der Waals surface area contributed by atoms with Gasteiger partial charge in [-0.2, -0.15) is 0 Å². The fourth-order valence-electron chi connectivity index (χ4n) is 7.86. The normalized spacial score (nSPS) is 28.9. The fourth-order valence-corrected chi connectivity index (χ4v) is 7.86. The third-order valence-electron chi connectivity index (χ3n) is 10.5. The molecule has 7 atom stereocenters. The van der Waals surface area contributed by atoms with E-state index in [0.29, 0.717) is 26.3 Å². The number of nitrogens with zero attached hydrogens (tertiary/aromatic N) is 1. The standard InChI is InChI=1S/C38H41NO13/c1-19-33(42)23(39-11-12-49-28(16-39)50-18-20-7-4-3-5-8-20)13-27(51-19)52-25-15-38(47,26(41)17-40)14-22-30(25)37(46)32-31(35(22)44)34(43)21-9-6-10-24(48-2)29(21)36(32)45/h3-10,19,23,25,27-28,33,40,42,44,46-47H,11-18H2,1-2H3/t19-,23-,25-,27-,28?,33+,38-/m0/s1. The Morgan fingerprint density at radius 1 is 1.00 bits per heavy atom. The summed E-state index contributed by atoms with van der Waals surface area (Å²) in [7, 11) is 1.33. The lowest BCUT2D eigenvalue weighted by Gasteiger charge is -2.47. The molecule has 2 fully saturated rings. The van der Waals surface area contributed by atoms with Crippen LogP contribution in [0.25, 0.3) is 0 Å². The number of phenolic OH excluding ortho intramolecular Hbond substituents is 2. The van der Waals surface area contributed by atoms with Crippen molar-refractivity contribution in [3.63, 3.8) is 0 Å². The van der Waals surface area contributed by atoms with Crippen LogP contribution < -0.4 is 4.74 Å². The summed E-state index contributed by atoms with van der Waals surface area (Å²) in [4.78, 5) is 42.7. The highest BCUT2D eigenvalue weighted by atomic mass is 16.7. The Bertz CT molecular complexity index is 1880. The summed E-state index contributed by atoms with van der Waals surface area (Å²) in [6.45, 7) is 2.14. The second kappa shape index (κ2) is 14.3. The van der Waals surface area contributed by atoms with Crippen molar-refractivity contribution < 1.29 is 63.6 Å². The Hall–Kier alpha value is -4.25. The molecule has 14 heteroatoms. The summed E-state index contributed by atoms with van der Waals surface area (Å²) >= 11 is 0. The predicted molar refractivity (Wildman–Crippen MR) is 180 cm³/mol. The molecule has 2 saturated heterocycles. The van der Waals surface area contributed by atoms with Gasteiger partial charge >= 0.3 is 0 Å². The van der Waals surface area contributed by atoms with Crippen molar-refractivity contribution in [2.24, 2.45) is 0 Å². The van der Waals surface area contributed by atoms with Gasteiger partial charge in [0.15, 0.2) is 24.1 Å².